The zero-order valence-corrected chi connectivity index (χ0v) is 11.4. The first-order valence-electron chi connectivity index (χ1n) is 7.45. The number of rotatable bonds is 0. The van der Waals surface area contributed by atoms with Crippen LogP contribution in [0.3, 0.4) is 0 Å². The maximum absolute atomic E-state index is 11.7. The molecule has 0 aromatic carbocycles. The standard InChI is InChI=1S/C16H28O/c1-15-12-10-8-6-4-2-3-5-7-9-11-13-16(17)14-15/h6,8,15H,2-5,7,9-14H2,1H3/b8-6-/t15-/m1/s1. The van der Waals surface area contributed by atoms with Crippen LogP contribution in [-0.4, -0.2) is 5.78 Å². The van der Waals surface area contributed by atoms with Crippen LogP contribution in [0.4, 0.5) is 0 Å². The third kappa shape index (κ3) is 8.18. The molecule has 1 atom stereocenters. The van der Waals surface area contributed by atoms with Crippen molar-refractivity contribution in [2.24, 2.45) is 5.92 Å². The summed E-state index contributed by atoms with van der Waals surface area (Å²) in [5.74, 6) is 1.05. The topological polar surface area (TPSA) is 17.1 Å². The van der Waals surface area contributed by atoms with Crippen LogP contribution in [0, 0.1) is 5.92 Å². The number of hydrogen-bond donors (Lipinski definition) is 0. The number of carbonyl (C=O) groups is 1. The molecule has 1 rings (SSSR count). The summed E-state index contributed by atoms with van der Waals surface area (Å²) in [5.41, 5.74) is 0. The molecule has 0 aromatic heterocycles. The van der Waals surface area contributed by atoms with Crippen molar-refractivity contribution < 1.29 is 4.79 Å². The largest absolute Gasteiger partial charge is 0.300 e. The molecule has 0 heterocycles. The van der Waals surface area contributed by atoms with E-state index in [1.165, 1.54) is 44.9 Å². The van der Waals surface area contributed by atoms with E-state index in [1.54, 1.807) is 0 Å². The maximum Gasteiger partial charge on any atom is 0.133 e. The van der Waals surface area contributed by atoms with Crippen molar-refractivity contribution in [3.63, 3.8) is 0 Å². The molecule has 0 unspecified atom stereocenters. The number of allylic oxidation sites excluding steroid dienone is 2. The van der Waals surface area contributed by atoms with Gasteiger partial charge >= 0.3 is 0 Å². The first kappa shape index (κ1) is 14.5. The highest BCUT2D eigenvalue weighted by molar-refractivity contribution is 5.78. The van der Waals surface area contributed by atoms with Gasteiger partial charge in [0.05, 0.1) is 0 Å². The maximum atomic E-state index is 11.7. The molecule has 0 amide bonds. The van der Waals surface area contributed by atoms with E-state index in [1.807, 2.05) is 0 Å². The first-order chi connectivity index (χ1) is 8.29. The van der Waals surface area contributed by atoms with Crippen molar-refractivity contribution in [1.29, 1.82) is 0 Å². The Hall–Kier alpha value is -0.590. The Labute approximate surface area is 107 Å². The fraction of sp³-hybridized carbons (Fsp3) is 0.812. The van der Waals surface area contributed by atoms with Crippen LogP contribution in [0.1, 0.15) is 77.6 Å². The average molecular weight is 236 g/mol. The second-order valence-electron chi connectivity index (χ2n) is 5.56. The smallest absolute Gasteiger partial charge is 0.133 e. The number of hydrogen-bond acceptors (Lipinski definition) is 1. The van der Waals surface area contributed by atoms with Gasteiger partial charge in [0.2, 0.25) is 0 Å². The SMILES string of the molecule is C[C@@H]1CC/C=C\CCCCCCCCC(=O)C1. The Morgan fingerprint density at radius 3 is 2.41 bits per heavy atom. The molecule has 0 spiro atoms. The van der Waals surface area contributed by atoms with E-state index in [4.69, 9.17) is 0 Å². The van der Waals surface area contributed by atoms with Crippen molar-refractivity contribution in [2.45, 2.75) is 77.6 Å². The molecular weight excluding hydrogens is 208 g/mol. The van der Waals surface area contributed by atoms with Crippen LogP contribution in [0.5, 0.6) is 0 Å². The van der Waals surface area contributed by atoms with Crippen LogP contribution in [0.15, 0.2) is 12.2 Å². The molecule has 0 aliphatic heterocycles. The van der Waals surface area contributed by atoms with Crippen LogP contribution in [0.2, 0.25) is 0 Å². The minimum absolute atomic E-state index is 0.483. The lowest BCUT2D eigenvalue weighted by molar-refractivity contribution is -0.120. The van der Waals surface area contributed by atoms with Crippen molar-refractivity contribution in [2.75, 3.05) is 0 Å². The molecule has 17 heavy (non-hydrogen) atoms. The van der Waals surface area contributed by atoms with E-state index < -0.39 is 0 Å². The summed E-state index contributed by atoms with van der Waals surface area (Å²) in [6.07, 6.45) is 17.5. The van der Waals surface area contributed by atoms with Crippen molar-refractivity contribution in [3.05, 3.63) is 12.2 Å². The van der Waals surface area contributed by atoms with Crippen molar-refractivity contribution >= 4 is 5.78 Å². The van der Waals surface area contributed by atoms with Gasteiger partial charge in [0.1, 0.15) is 5.78 Å². The predicted octanol–water partition coefficient (Wildman–Crippen LogP) is 5.05. The second-order valence-corrected chi connectivity index (χ2v) is 5.56. The highest BCUT2D eigenvalue weighted by atomic mass is 16.1. The number of ketones is 1. The van der Waals surface area contributed by atoms with Crippen LogP contribution < -0.4 is 0 Å². The van der Waals surface area contributed by atoms with Gasteiger partial charge in [0, 0.05) is 12.8 Å². The molecular formula is C16H28O. The van der Waals surface area contributed by atoms with E-state index in [2.05, 4.69) is 19.1 Å². The lowest BCUT2D eigenvalue weighted by Gasteiger charge is -2.08. The molecule has 98 valence electrons. The summed E-state index contributed by atoms with van der Waals surface area (Å²) in [6, 6.07) is 0. The fourth-order valence-electron chi connectivity index (χ4n) is 2.50. The molecule has 0 saturated carbocycles. The lowest BCUT2D eigenvalue weighted by Crippen LogP contribution is -2.05. The van der Waals surface area contributed by atoms with Gasteiger partial charge in [-0.1, -0.05) is 44.8 Å². The highest BCUT2D eigenvalue weighted by Gasteiger charge is 2.08. The third-order valence-corrected chi connectivity index (χ3v) is 3.65. The quantitative estimate of drug-likeness (QED) is 0.538. The van der Waals surface area contributed by atoms with Gasteiger partial charge in [-0.05, 0) is 38.0 Å². The predicted molar refractivity (Wildman–Crippen MR) is 74.1 cm³/mol. The molecule has 1 heteroatoms. The Morgan fingerprint density at radius 1 is 0.941 bits per heavy atom. The van der Waals surface area contributed by atoms with Crippen LogP contribution in [-0.2, 0) is 4.79 Å². The van der Waals surface area contributed by atoms with E-state index in [0.717, 1.165) is 25.7 Å². The second kappa shape index (κ2) is 9.44. The Morgan fingerprint density at radius 2 is 1.59 bits per heavy atom. The average Bonchev–Trinajstić information content (AvgIpc) is 2.30. The monoisotopic (exact) mass is 236 g/mol. The normalized spacial score (nSPS) is 28.1. The third-order valence-electron chi connectivity index (χ3n) is 3.65. The van der Waals surface area contributed by atoms with Gasteiger partial charge < -0.3 is 0 Å². The van der Waals surface area contributed by atoms with Gasteiger partial charge in [0.25, 0.3) is 0 Å². The molecule has 1 aliphatic carbocycles. The fourth-order valence-corrected chi connectivity index (χ4v) is 2.50. The Bertz CT molecular complexity index is 230. The number of Topliss-reactive ketones (excluding diaryl/α,β-unsaturated/α-hetero) is 1. The van der Waals surface area contributed by atoms with Gasteiger partial charge in [-0.2, -0.15) is 0 Å². The van der Waals surface area contributed by atoms with E-state index >= 15 is 0 Å². The highest BCUT2D eigenvalue weighted by Crippen LogP contribution is 2.16. The lowest BCUT2D eigenvalue weighted by atomic mass is 9.96. The summed E-state index contributed by atoms with van der Waals surface area (Å²) in [7, 11) is 0. The molecule has 0 radical (unpaired) electrons. The molecule has 0 N–H and O–H groups in total. The molecule has 0 saturated heterocycles. The Balaban J connectivity index is 2.30. The minimum atomic E-state index is 0.483. The summed E-state index contributed by atoms with van der Waals surface area (Å²) in [6.45, 7) is 2.21. The summed E-state index contributed by atoms with van der Waals surface area (Å²) >= 11 is 0. The van der Waals surface area contributed by atoms with E-state index in [-0.39, 0.29) is 0 Å². The molecule has 0 bridgehead atoms. The summed E-state index contributed by atoms with van der Waals surface area (Å²) < 4.78 is 0. The van der Waals surface area contributed by atoms with Gasteiger partial charge in [0.15, 0.2) is 0 Å². The van der Waals surface area contributed by atoms with Gasteiger partial charge in [-0.15, -0.1) is 0 Å². The van der Waals surface area contributed by atoms with Crippen LogP contribution >= 0.6 is 0 Å². The first-order valence-corrected chi connectivity index (χ1v) is 7.45. The molecule has 0 aromatic rings. The molecule has 1 aliphatic rings. The summed E-state index contributed by atoms with van der Waals surface area (Å²) in [4.78, 5) is 11.7. The zero-order valence-electron chi connectivity index (χ0n) is 11.4. The Kier molecular flexibility index (Phi) is 8.04. The van der Waals surface area contributed by atoms with Crippen LogP contribution in [0.25, 0.3) is 0 Å². The molecule has 0 fully saturated rings. The van der Waals surface area contributed by atoms with Gasteiger partial charge in [-0.3, -0.25) is 4.79 Å². The van der Waals surface area contributed by atoms with E-state index in [9.17, 15) is 4.79 Å². The van der Waals surface area contributed by atoms with Gasteiger partial charge in [-0.25, -0.2) is 0 Å². The van der Waals surface area contributed by atoms with E-state index in [0.29, 0.717) is 11.7 Å². The van der Waals surface area contributed by atoms with Crippen molar-refractivity contribution in [3.8, 4) is 0 Å². The number of carbonyl (C=O) groups excluding carboxylic acids is 1. The zero-order chi connectivity index (χ0) is 12.3. The van der Waals surface area contributed by atoms with Crippen molar-refractivity contribution in [1.82, 2.24) is 0 Å². The summed E-state index contributed by atoms with van der Waals surface area (Å²) in [5, 5.41) is 0. The molecule has 1 nitrogen and oxygen atoms in total. The minimum Gasteiger partial charge on any atom is -0.300 e.